The highest BCUT2D eigenvalue weighted by Gasteiger charge is 2.28. The summed E-state index contributed by atoms with van der Waals surface area (Å²) >= 11 is 4.86. The first-order valence-corrected chi connectivity index (χ1v) is 10.8. The molecule has 1 aromatic heterocycles. The van der Waals surface area contributed by atoms with Crippen molar-refractivity contribution < 1.29 is 9.29 Å². The van der Waals surface area contributed by atoms with E-state index in [-0.39, 0.29) is 11.5 Å². The molecule has 1 aliphatic heterocycles. The molecule has 0 spiro atoms. The molecule has 6 nitrogen and oxygen atoms in total. The molecule has 2 heterocycles. The van der Waals surface area contributed by atoms with Crippen LogP contribution in [0.25, 0.3) is 10.9 Å². The Morgan fingerprint density at radius 2 is 2.00 bits per heavy atom. The standard InChI is InChI=1S/C20H26ClN3O3S/c1-12(23-28(26)20(2,3)4)15-10-14(21)11-16-17(15)22-18(24(5)19(16)25)13-6-8-27-9-7-13/h10-11,13H,6-9H2,1-5H3. The van der Waals surface area contributed by atoms with Gasteiger partial charge in [-0.05, 0) is 52.7 Å². The van der Waals surface area contributed by atoms with Gasteiger partial charge in [0.1, 0.15) is 21.9 Å². The maximum absolute atomic E-state index is 13.0. The van der Waals surface area contributed by atoms with Crippen LogP contribution in [-0.2, 0) is 23.1 Å². The van der Waals surface area contributed by atoms with Crippen LogP contribution in [0.2, 0.25) is 5.02 Å². The third kappa shape index (κ3) is 4.27. The number of halogens is 1. The molecule has 28 heavy (non-hydrogen) atoms. The first-order chi connectivity index (χ1) is 13.1. The zero-order valence-corrected chi connectivity index (χ0v) is 18.5. The Morgan fingerprint density at radius 3 is 2.61 bits per heavy atom. The largest absolute Gasteiger partial charge is 0.591 e. The van der Waals surface area contributed by atoms with Gasteiger partial charge in [0.2, 0.25) is 0 Å². The predicted octanol–water partition coefficient (Wildman–Crippen LogP) is 3.75. The van der Waals surface area contributed by atoms with E-state index in [4.69, 9.17) is 21.3 Å². The second-order valence-electron chi connectivity index (χ2n) is 8.11. The van der Waals surface area contributed by atoms with Crippen LogP contribution in [0.1, 0.15) is 57.8 Å². The number of ether oxygens (including phenoxy) is 1. The van der Waals surface area contributed by atoms with Crippen molar-refractivity contribution in [3.63, 3.8) is 0 Å². The summed E-state index contributed by atoms with van der Waals surface area (Å²) < 4.78 is 23.4. The molecule has 1 aliphatic rings. The van der Waals surface area contributed by atoms with Crippen molar-refractivity contribution in [3.8, 4) is 0 Å². The number of rotatable bonds is 3. The molecule has 8 heteroatoms. The second kappa shape index (κ2) is 8.14. The van der Waals surface area contributed by atoms with Crippen molar-refractivity contribution in [2.45, 2.75) is 51.2 Å². The molecule has 1 aromatic carbocycles. The first-order valence-electron chi connectivity index (χ1n) is 9.35. The minimum atomic E-state index is -1.42. The van der Waals surface area contributed by atoms with Crippen molar-refractivity contribution in [1.82, 2.24) is 9.55 Å². The van der Waals surface area contributed by atoms with Crippen LogP contribution in [0.3, 0.4) is 0 Å². The molecule has 152 valence electrons. The Balaban J connectivity index is 2.21. The van der Waals surface area contributed by atoms with Gasteiger partial charge in [-0.15, -0.1) is 0 Å². The van der Waals surface area contributed by atoms with Gasteiger partial charge in [-0.25, -0.2) is 4.98 Å². The smallest absolute Gasteiger partial charge is 0.261 e. The van der Waals surface area contributed by atoms with Crippen LogP contribution in [-0.4, -0.2) is 37.8 Å². The summed E-state index contributed by atoms with van der Waals surface area (Å²) in [7, 11) is 1.75. The minimum absolute atomic E-state index is 0.139. The minimum Gasteiger partial charge on any atom is -0.591 e. The molecule has 1 fully saturated rings. The molecule has 1 atom stereocenters. The van der Waals surface area contributed by atoms with E-state index in [0.717, 1.165) is 18.7 Å². The summed E-state index contributed by atoms with van der Waals surface area (Å²) in [4.78, 5) is 17.9. The van der Waals surface area contributed by atoms with Gasteiger partial charge >= 0.3 is 0 Å². The quantitative estimate of drug-likeness (QED) is 0.556. The normalized spacial score (nSPS) is 17.9. The fourth-order valence-electron chi connectivity index (χ4n) is 3.26. The summed E-state index contributed by atoms with van der Waals surface area (Å²) in [6.07, 6.45) is 1.66. The van der Waals surface area contributed by atoms with Gasteiger partial charge in [0, 0.05) is 36.8 Å². The lowest BCUT2D eigenvalue weighted by molar-refractivity contribution is 0.0828. The van der Waals surface area contributed by atoms with Crippen LogP contribution >= 0.6 is 11.6 Å². The average Bonchev–Trinajstić information content (AvgIpc) is 2.64. The van der Waals surface area contributed by atoms with Crippen molar-refractivity contribution >= 4 is 39.6 Å². The Labute approximate surface area is 173 Å². The van der Waals surface area contributed by atoms with E-state index in [0.29, 0.717) is 40.4 Å². The van der Waals surface area contributed by atoms with E-state index < -0.39 is 16.1 Å². The highest BCUT2D eigenvalue weighted by molar-refractivity contribution is 7.91. The predicted molar refractivity (Wildman–Crippen MR) is 115 cm³/mol. The van der Waals surface area contributed by atoms with E-state index in [1.54, 1.807) is 30.7 Å². The number of aromatic nitrogens is 2. The molecule has 1 saturated heterocycles. The third-order valence-electron chi connectivity index (χ3n) is 4.90. The maximum atomic E-state index is 13.0. The van der Waals surface area contributed by atoms with Crippen LogP contribution in [0.4, 0.5) is 0 Å². The molecule has 0 radical (unpaired) electrons. The average molecular weight is 424 g/mol. The van der Waals surface area contributed by atoms with Gasteiger partial charge in [-0.2, -0.15) is 0 Å². The molecule has 3 rings (SSSR count). The number of fused-ring (bicyclic) bond motifs is 1. The summed E-state index contributed by atoms with van der Waals surface area (Å²) in [5, 5.41) is 0.869. The molecule has 0 bridgehead atoms. The molecule has 0 aliphatic carbocycles. The maximum Gasteiger partial charge on any atom is 0.261 e. The fourth-order valence-corrected chi connectivity index (χ4v) is 4.10. The lowest BCUT2D eigenvalue weighted by Crippen LogP contribution is -2.28. The summed E-state index contributed by atoms with van der Waals surface area (Å²) in [5.41, 5.74) is 1.62. The summed E-state index contributed by atoms with van der Waals surface area (Å²) in [5.74, 6) is 0.912. The highest BCUT2D eigenvalue weighted by atomic mass is 35.5. The van der Waals surface area contributed by atoms with Crippen molar-refractivity contribution in [2.75, 3.05) is 13.2 Å². The topological polar surface area (TPSA) is 79.5 Å². The highest BCUT2D eigenvalue weighted by Crippen LogP contribution is 2.28. The molecule has 1 unspecified atom stereocenters. The van der Waals surface area contributed by atoms with Crippen molar-refractivity contribution in [3.05, 3.63) is 38.9 Å². The first kappa shape index (κ1) is 21.3. The van der Waals surface area contributed by atoms with Gasteiger partial charge in [-0.3, -0.25) is 9.36 Å². The number of hydrogen-bond acceptors (Lipinski definition) is 5. The van der Waals surface area contributed by atoms with Gasteiger partial charge < -0.3 is 9.29 Å². The van der Waals surface area contributed by atoms with Gasteiger partial charge in [0.25, 0.3) is 5.56 Å². The lowest BCUT2D eigenvalue weighted by atomic mass is 9.98. The summed E-state index contributed by atoms with van der Waals surface area (Å²) in [6.45, 7) is 8.71. The zero-order valence-electron chi connectivity index (χ0n) is 16.9. The zero-order chi connectivity index (χ0) is 20.6. The van der Waals surface area contributed by atoms with E-state index in [1.165, 1.54) is 0 Å². The van der Waals surface area contributed by atoms with E-state index in [1.807, 2.05) is 20.8 Å². The number of nitrogens with zero attached hydrogens (tertiary/aromatic N) is 3. The lowest BCUT2D eigenvalue weighted by Gasteiger charge is -2.24. The number of hydrogen-bond donors (Lipinski definition) is 0. The monoisotopic (exact) mass is 423 g/mol. The van der Waals surface area contributed by atoms with Crippen LogP contribution in [0.5, 0.6) is 0 Å². The van der Waals surface area contributed by atoms with E-state index >= 15 is 0 Å². The molecule has 0 amide bonds. The Hall–Kier alpha value is -1.41. The van der Waals surface area contributed by atoms with Crippen LogP contribution in [0.15, 0.2) is 21.3 Å². The van der Waals surface area contributed by atoms with E-state index in [9.17, 15) is 9.35 Å². The summed E-state index contributed by atoms with van der Waals surface area (Å²) in [6, 6.07) is 3.38. The van der Waals surface area contributed by atoms with Gasteiger partial charge in [-0.1, -0.05) is 16.0 Å². The van der Waals surface area contributed by atoms with Crippen molar-refractivity contribution in [1.29, 1.82) is 0 Å². The SMILES string of the molecule is CC(=N[S+]([O-])C(C)(C)C)c1cc(Cl)cc2c(=O)n(C)c(C3CCOCC3)nc12. The second-order valence-corrected chi connectivity index (χ2v) is 10.5. The van der Waals surface area contributed by atoms with Gasteiger partial charge in [0.15, 0.2) is 0 Å². The van der Waals surface area contributed by atoms with Crippen molar-refractivity contribution in [2.24, 2.45) is 11.4 Å². The Kier molecular flexibility index (Phi) is 6.20. The van der Waals surface area contributed by atoms with E-state index in [2.05, 4.69) is 4.40 Å². The molecular weight excluding hydrogens is 398 g/mol. The number of benzene rings is 1. The molecule has 2 aromatic rings. The molecule has 0 N–H and O–H groups in total. The third-order valence-corrected chi connectivity index (χ3v) is 6.61. The molecular formula is C20H26ClN3O3S. The Bertz CT molecular complexity index is 975. The Morgan fingerprint density at radius 1 is 1.36 bits per heavy atom. The van der Waals surface area contributed by atoms with Gasteiger partial charge in [0.05, 0.1) is 16.6 Å². The van der Waals surface area contributed by atoms with Crippen LogP contribution < -0.4 is 5.56 Å². The molecule has 0 saturated carbocycles. The fraction of sp³-hybridized carbons (Fsp3) is 0.550. The van der Waals surface area contributed by atoms with Crippen LogP contribution in [0, 0.1) is 0 Å².